The minimum Gasteiger partial charge on any atom is -0.480 e. The van der Waals surface area contributed by atoms with Crippen molar-refractivity contribution in [2.24, 2.45) is 0 Å². The Morgan fingerprint density at radius 2 is 0.829 bits per heavy atom. The maximum Gasteiger partial charge on any atom is 0.322 e. The van der Waals surface area contributed by atoms with Gasteiger partial charge in [0.25, 0.3) is 0 Å². The molecule has 0 spiro atoms. The van der Waals surface area contributed by atoms with Gasteiger partial charge in [-0.25, -0.2) is 0 Å². The molecule has 0 aliphatic heterocycles. The maximum absolute atomic E-state index is 12.4. The van der Waals surface area contributed by atoms with Crippen LogP contribution >= 0.6 is 0 Å². The highest BCUT2D eigenvalue weighted by Gasteiger charge is 2.22. The summed E-state index contributed by atoms with van der Waals surface area (Å²) in [5.74, 6) is -5.46. The summed E-state index contributed by atoms with van der Waals surface area (Å²) in [6.07, 6.45) is 0.469. The van der Waals surface area contributed by atoms with Crippen molar-refractivity contribution in [2.75, 3.05) is 94.6 Å². The Bertz CT molecular complexity index is 1020. The topological polar surface area (TPSA) is 217 Å². The molecule has 0 aliphatic rings. The summed E-state index contributed by atoms with van der Waals surface area (Å²) in [6.45, 7) is -3.27. The number of likely N-dealkylation sites (N-methyl/N-ethyl adjacent to an activating group) is 6. The first-order chi connectivity index (χ1) is 19.0. The number of rotatable bonds is 17. The van der Waals surface area contributed by atoms with Gasteiger partial charge in [-0.05, 0) is 0 Å². The monoisotopic (exact) mass is 586 g/mol. The Morgan fingerprint density at radius 1 is 0.512 bits per heavy atom. The first kappa shape index (κ1) is 36.2. The van der Waals surface area contributed by atoms with E-state index in [4.69, 9.17) is 5.11 Å². The molecule has 8 amide bonds. The first-order valence-corrected chi connectivity index (χ1v) is 12.1. The molecule has 3 N–H and O–H groups in total. The zero-order valence-corrected chi connectivity index (χ0v) is 24.0. The maximum atomic E-state index is 12.4. The molecular formula is C23H38N8O10. The second kappa shape index (κ2) is 17.7. The van der Waals surface area contributed by atoms with Crippen molar-refractivity contribution in [3.63, 3.8) is 0 Å². The summed E-state index contributed by atoms with van der Waals surface area (Å²) in [5, 5.41) is 13.0. The van der Waals surface area contributed by atoms with Gasteiger partial charge in [0, 0.05) is 42.3 Å². The number of hydrogen-bond donors (Lipinski definition) is 3. The van der Waals surface area contributed by atoms with Crippen LogP contribution in [-0.2, 0) is 43.2 Å². The fourth-order valence-corrected chi connectivity index (χ4v) is 2.81. The lowest BCUT2D eigenvalue weighted by molar-refractivity contribution is -0.143. The molecule has 0 unspecified atom stereocenters. The van der Waals surface area contributed by atoms with Gasteiger partial charge in [0.05, 0.1) is 45.8 Å². The van der Waals surface area contributed by atoms with Crippen molar-refractivity contribution in [2.45, 2.75) is 0 Å². The summed E-state index contributed by atoms with van der Waals surface area (Å²) in [7, 11) is 8.04. The van der Waals surface area contributed by atoms with Crippen LogP contribution in [0.15, 0.2) is 0 Å². The number of carboxylic acids is 1. The molecule has 0 aliphatic carbocycles. The normalized spacial score (nSPS) is 10.0. The van der Waals surface area contributed by atoms with Gasteiger partial charge >= 0.3 is 5.97 Å². The van der Waals surface area contributed by atoms with E-state index in [1.165, 1.54) is 42.3 Å². The third kappa shape index (κ3) is 14.8. The molecule has 0 bridgehead atoms. The lowest BCUT2D eigenvalue weighted by Crippen LogP contribution is -2.48. The summed E-state index contributed by atoms with van der Waals surface area (Å²) < 4.78 is 0. The molecule has 0 fully saturated rings. The third-order valence-corrected chi connectivity index (χ3v) is 5.45. The van der Waals surface area contributed by atoms with Crippen LogP contribution in [-0.4, -0.2) is 183 Å². The van der Waals surface area contributed by atoms with Gasteiger partial charge in [0.15, 0.2) is 0 Å². The quantitative estimate of drug-likeness (QED) is 0.138. The summed E-state index contributed by atoms with van der Waals surface area (Å²) in [6, 6.07) is 0. The van der Waals surface area contributed by atoms with E-state index < -0.39 is 86.6 Å². The van der Waals surface area contributed by atoms with E-state index in [1.807, 2.05) is 0 Å². The van der Waals surface area contributed by atoms with Gasteiger partial charge in [-0.2, -0.15) is 0 Å². The molecular weight excluding hydrogens is 548 g/mol. The van der Waals surface area contributed by atoms with Crippen LogP contribution in [0.2, 0.25) is 0 Å². The molecule has 0 aromatic heterocycles. The fourth-order valence-electron chi connectivity index (χ4n) is 2.81. The Labute approximate surface area is 237 Å². The standard InChI is InChI=1S/C23H38N8O10/c1-26(15-32)11-19(36)30(5)13-20(37)27(2)9-16(33)24-7-18(35)29(4)12-22(39)31(6)14-21(38)28(3)10-17(34)25-8-23(40)41/h15H,7-14H2,1-6H3,(H,24,33)(H,25,34)(H,40,41). The predicted octanol–water partition coefficient (Wildman–Crippen LogP) is -5.32. The number of carboxylic acid groups (broad SMARTS) is 1. The number of aliphatic carboxylic acids is 1. The summed E-state index contributed by atoms with van der Waals surface area (Å²) >= 11 is 0. The van der Waals surface area contributed by atoms with Crippen molar-refractivity contribution in [1.29, 1.82) is 0 Å². The Hall–Kier alpha value is -4.77. The average Bonchev–Trinajstić information content (AvgIpc) is 2.89. The number of hydrogen-bond acceptors (Lipinski definition) is 9. The highest BCUT2D eigenvalue weighted by molar-refractivity contribution is 5.92. The highest BCUT2D eigenvalue weighted by atomic mass is 16.4. The second-order valence-corrected chi connectivity index (χ2v) is 9.22. The molecule has 0 aromatic carbocycles. The Morgan fingerprint density at radius 3 is 1.20 bits per heavy atom. The molecule has 0 saturated carbocycles. The highest BCUT2D eigenvalue weighted by Crippen LogP contribution is 1.95. The smallest absolute Gasteiger partial charge is 0.322 e. The molecule has 0 saturated heterocycles. The molecule has 41 heavy (non-hydrogen) atoms. The largest absolute Gasteiger partial charge is 0.480 e. The molecule has 0 atom stereocenters. The lowest BCUT2D eigenvalue weighted by Gasteiger charge is -2.24. The zero-order valence-electron chi connectivity index (χ0n) is 24.0. The number of carbonyl (C=O) groups is 9. The zero-order chi connectivity index (χ0) is 31.9. The summed E-state index contributed by atoms with van der Waals surface area (Å²) in [5.41, 5.74) is 0. The average molecular weight is 587 g/mol. The van der Waals surface area contributed by atoms with Gasteiger partial charge in [-0.3, -0.25) is 43.2 Å². The van der Waals surface area contributed by atoms with E-state index in [0.717, 1.165) is 29.4 Å². The van der Waals surface area contributed by atoms with Gasteiger partial charge in [-0.1, -0.05) is 0 Å². The van der Waals surface area contributed by atoms with Crippen LogP contribution < -0.4 is 10.6 Å². The van der Waals surface area contributed by atoms with Crippen LogP contribution in [0.3, 0.4) is 0 Å². The van der Waals surface area contributed by atoms with Crippen LogP contribution in [0.1, 0.15) is 0 Å². The molecule has 18 heteroatoms. The Kier molecular flexibility index (Phi) is 15.7. The van der Waals surface area contributed by atoms with Crippen molar-refractivity contribution >= 4 is 53.7 Å². The SMILES string of the molecule is CN(C=O)CC(=O)N(C)CC(=O)N(C)CC(=O)NCC(=O)N(C)CC(=O)N(C)CC(=O)N(C)CC(=O)NCC(=O)O. The van der Waals surface area contributed by atoms with E-state index in [2.05, 4.69) is 10.6 Å². The van der Waals surface area contributed by atoms with E-state index in [0.29, 0.717) is 6.41 Å². The number of amides is 8. The van der Waals surface area contributed by atoms with E-state index in [9.17, 15) is 43.2 Å². The van der Waals surface area contributed by atoms with Crippen LogP contribution in [0.5, 0.6) is 0 Å². The number of nitrogens with zero attached hydrogens (tertiary/aromatic N) is 6. The number of carbonyl (C=O) groups excluding carboxylic acids is 8. The van der Waals surface area contributed by atoms with E-state index >= 15 is 0 Å². The van der Waals surface area contributed by atoms with Gasteiger partial charge in [0.1, 0.15) is 6.54 Å². The Balaban J connectivity index is 4.57. The summed E-state index contributed by atoms with van der Waals surface area (Å²) in [4.78, 5) is 113. The first-order valence-electron chi connectivity index (χ1n) is 12.1. The van der Waals surface area contributed by atoms with Crippen molar-refractivity contribution in [3.8, 4) is 0 Å². The molecule has 0 rings (SSSR count). The molecule has 0 aromatic rings. The minimum atomic E-state index is -1.24. The van der Waals surface area contributed by atoms with E-state index in [-0.39, 0.29) is 13.1 Å². The van der Waals surface area contributed by atoms with Crippen LogP contribution in [0.4, 0.5) is 0 Å². The molecule has 0 heterocycles. The van der Waals surface area contributed by atoms with Crippen molar-refractivity contribution in [1.82, 2.24) is 40.0 Å². The predicted molar refractivity (Wildman–Crippen MR) is 141 cm³/mol. The molecule has 230 valence electrons. The second-order valence-electron chi connectivity index (χ2n) is 9.22. The third-order valence-electron chi connectivity index (χ3n) is 5.45. The van der Waals surface area contributed by atoms with Gasteiger partial charge < -0.3 is 45.1 Å². The van der Waals surface area contributed by atoms with Crippen LogP contribution in [0, 0.1) is 0 Å². The molecule has 18 nitrogen and oxygen atoms in total. The van der Waals surface area contributed by atoms with Gasteiger partial charge in [0.2, 0.25) is 47.8 Å². The minimum absolute atomic E-state index is 0.215. The van der Waals surface area contributed by atoms with Crippen LogP contribution in [0.25, 0.3) is 0 Å². The fraction of sp³-hybridized carbons (Fsp3) is 0.609. The van der Waals surface area contributed by atoms with E-state index in [1.54, 1.807) is 0 Å². The molecule has 0 radical (unpaired) electrons. The van der Waals surface area contributed by atoms with Crippen molar-refractivity contribution in [3.05, 3.63) is 0 Å². The van der Waals surface area contributed by atoms with Gasteiger partial charge in [-0.15, -0.1) is 0 Å². The lowest BCUT2D eigenvalue weighted by atomic mass is 10.4. The number of nitrogens with one attached hydrogen (secondary N) is 2. The van der Waals surface area contributed by atoms with Crippen molar-refractivity contribution < 1.29 is 48.3 Å².